The third-order valence-corrected chi connectivity index (χ3v) is 5.56. The van der Waals surface area contributed by atoms with Gasteiger partial charge < -0.3 is 15.4 Å². The fraction of sp³-hybridized carbons (Fsp3) is 0.750. The maximum absolute atomic E-state index is 12.4. The van der Waals surface area contributed by atoms with Crippen molar-refractivity contribution in [2.45, 2.75) is 31.8 Å². The molecular formula is C12H20N2O4S2. The van der Waals surface area contributed by atoms with Crippen LogP contribution in [0.5, 0.6) is 0 Å². The largest absolute Gasteiger partial charge is 0.467 e. The summed E-state index contributed by atoms with van der Waals surface area (Å²) in [5.41, 5.74) is -0.944. The first-order valence-corrected chi connectivity index (χ1v) is 8.78. The van der Waals surface area contributed by atoms with E-state index in [1.807, 2.05) is 13.8 Å². The topological polar surface area (TPSA) is 84.5 Å². The SMILES string of the molecule is COC(=O)[C@H](CC(C)C)NC(=O)C1(NC=O)CSSC1. The lowest BCUT2D eigenvalue weighted by Crippen LogP contribution is -2.61. The van der Waals surface area contributed by atoms with Gasteiger partial charge in [-0.1, -0.05) is 35.4 Å². The molecule has 0 saturated carbocycles. The zero-order valence-electron chi connectivity index (χ0n) is 11.8. The summed E-state index contributed by atoms with van der Waals surface area (Å²) in [6, 6.07) is -0.687. The molecule has 20 heavy (non-hydrogen) atoms. The Morgan fingerprint density at radius 1 is 1.35 bits per heavy atom. The standard InChI is InChI=1S/C12H20N2O4S2/c1-8(2)4-9(10(16)18-3)14-11(17)12(13-7-15)5-19-20-6-12/h7-9H,4-6H2,1-3H3,(H,13,15)(H,14,17)/t9-/m0/s1. The van der Waals surface area contributed by atoms with Crippen molar-refractivity contribution >= 4 is 39.9 Å². The van der Waals surface area contributed by atoms with Crippen molar-refractivity contribution in [2.75, 3.05) is 18.6 Å². The molecule has 1 saturated heterocycles. The number of methoxy groups -OCH3 is 1. The monoisotopic (exact) mass is 320 g/mol. The average molecular weight is 320 g/mol. The van der Waals surface area contributed by atoms with Crippen molar-refractivity contribution in [1.29, 1.82) is 0 Å². The molecule has 1 heterocycles. The maximum atomic E-state index is 12.4. The quantitative estimate of drug-likeness (QED) is 0.405. The summed E-state index contributed by atoms with van der Waals surface area (Å²) >= 11 is 0. The number of ether oxygens (including phenoxy) is 1. The first-order chi connectivity index (χ1) is 9.45. The van der Waals surface area contributed by atoms with Crippen LogP contribution in [0.25, 0.3) is 0 Å². The van der Waals surface area contributed by atoms with Crippen molar-refractivity contribution < 1.29 is 19.1 Å². The van der Waals surface area contributed by atoms with Gasteiger partial charge in [-0.2, -0.15) is 0 Å². The molecule has 0 unspecified atom stereocenters. The second kappa shape index (κ2) is 7.78. The van der Waals surface area contributed by atoms with Crippen LogP contribution in [0.3, 0.4) is 0 Å². The van der Waals surface area contributed by atoms with E-state index in [0.717, 1.165) is 0 Å². The smallest absolute Gasteiger partial charge is 0.328 e. The summed E-state index contributed by atoms with van der Waals surface area (Å²) in [7, 11) is 4.34. The van der Waals surface area contributed by atoms with Crippen LogP contribution in [0, 0.1) is 5.92 Å². The Morgan fingerprint density at radius 3 is 2.40 bits per heavy atom. The van der Waals surface area contributed by atoms with Gasteiger partial charge in [0, 0.05) is 11.5 Å². The molecule has 6 nitrogen and oxygen atoms in total. The van der Waals surface area contributed by atoms with Crippen molar-refractivity contribution in [3.63, 3.8) is 0 Å². The van der Waals surface area contributed by atoms with Gasteiger partial charge in [0.25, 0.3) is 0 Å². The van der Waals surface area contributed by atoms with Crippen LogP contribution in [0.2, 0.25) is 0 Å². The van der Waals surface area contributed by atoms with E-state index in [-0.39, 0.29) is 11.8 Å². The fourth-order valence-corrected chi connectivity index (χ4v) is 4.88. The number of carbonyl (C=O) groups is 3. The minimum absolute atomic E-state index is 0.238. The summed E-state index contributed by atoms with van der Waals surface area (Å²) in [6.45, 7) is 3.92. The number of amides is 2. The Balaban J connectivity index is 2.77. The Morgan fingerprint density at radius 2 is 1.95 bits per heavy atom. The van der Waals surface area contributed by atoms with Crippen LogP contribution in [0.1, 0.15) is 20.3 Å². The summed E-state index contributed by atoms with van der Waals surface area (Å²) in [5, 5.41) is 5.29. The fourth-order valence-electron chi connectivity index (χ4n) is 1.84. The molecule has 1 aliphatic heterocycles. The molecule has 1 atom stereocenters. The first-order valence-electron chi connectivity index (χ1n) is 6.29. The second-order valence-corrected chi connectivity index (χ2v) is 7.51. The minimum Gasteiger partial charge on any atom is -0.467 e. The molecule has 0 bridgehead atoms. The lowest BCUT2D eigenvalue weighted by atomic mass is 10.00. The minimum atomic E-state index is -0.944. The highest BCUT2D eigenvalue weighted by molar-refractivity contribution is 8.77. The zero-order valence-corrected chi connectivity index (χ0v) is 13.4. The average Bonchev–Trinajstić information content (AvgIpc) is 2.86. The van der Waals surface area contributed by atoms with Gasteiger partial charge in [0.2, 0.25) is 12.3 Å². The van der Waals surface area contributed by atoms with Crippen LogP contribution in [0.15, 0.2) is 0 Å². The van der Waals surface area contributed by atoms with E-state index in [0.29, 0.717) is 24.3 Å². The Hall–Kier alpha value is -0.890. The van der Waals surface area contributed by atoms with Gasteiger partial charge in [-0.15, -0.1) is 0 Å². The number of hydrogen-bond acceptors (Lipinski definition) is 6. The molecule has 0 spiro atoms. The second-order valence-electron chi connectivity index (χ2n) is 5.05. The number of esters is 1. The molecule has 0 aromatic carbocycles. The molecule has 0 aromatic heterocycles. The van der Waals surface area contributed by atoms with E-state index in [1.54, 1.807) is 0 Å². The molecule has 1 rings (SSSR count). The maximum Gasteiger partial charge on any atom is 0.328 e. The predicted molar refractivity (Wildman–Crippen MR) is 80.2 cm³/mol. The van der Waals surface area contributed by atoms with Crippen molar-refractivity contribution in [2.24, 2.45) is 5.92 Å². The third-order valence-electron chi connectivity index (χ3n) is 2.96. The molecule has 0 aliphatic carbocycles. The molecule has 1 fully saturated rings. The van der Waals surface area contributed by atoms with Crippen LogP contribution in [0.4, 0.5) is 0 Å². The summed E-state index contributed by atoms with van der Waals surface area (Å²) < 4.78 is 4.72. The summed E-state index contributed by atoms with van der Waals surface area (Å²) in [5.74, 6) is 0.404. The van der Waals surface area contributed by atoms with Crippen molar-refractivity contribution in [3.8, 4) is 0 Å². The van der Waals surface area contributed by atoms with Gasteiger partial charge in [0.1, 0.15) is 11.6 Å². The number of hydrogen-bond donors (Lipinski definition) is 2. The first kappa shape index (κ1) is 17.2. The third kappa shape index (κ3) is 4.31. The molecule has 2 N–H and O–H groups in total. The van der Waals surface area contributed by atoms with Crippen molar-refractivity contribution in [1.82, 2.24) is 10.6 Å². The highest BCUT2D eigenvalue weighted by atomic mass is 33.1. The van der Waals surface area contributed by atoms with Crippen LogP contribution >= 0.6 is 21.6 Å². The Bertz CT molecular complexity index is 370. The number of nitrogens with one attached hydrogen (secondary N) is 2. The number of rotatable bonds is 7. The molecular weight excluding hydrogens is 300 g/mol. The van der Waals surface area contributed by atoms with Crippen molar-refractivity contribution in [3.05, 3.63) is 0 Å². The van der Waals surface area contributed by atoms with E-state index < -0.39 is 17.6 Å². The normalized spacial score (nSPS) is 18.4. The highest BCUT2D eigenvalue weighted by Crippen LogP contribution is 2.37. The lowest BCUT2D eigenvalue weighted by molar-refractivity contribution is -0.146. The van der Waals surface area contributed by atoms with Gasteiger partial charge in [0.15, 0.2) is 0 Å². The van der Waals surface area contributed by atoms with E-state index in [2.05, 4.69) is 10.6 Å². The summed E-state index contributed by atoms with van der Waals surface area (Å²) in [6.07, 6.45) is 1.03. The van der Waals surface area contributed by atoms with E-state index >= 15 is 0 Å². The van der Waals surface area contributed by atoms with E-state index in [1.165, 1.54) is 28.7 Å². The van der Waals surface area contributed by atoms with Crippen LogP contribution < -0.4 is 10.6 Å². The molecule has 1 aliphatic rings. The molecule has 2 amide bonds. The van der Waals surface area contributed by atoms with Crippen LogP contribution in [-0.2, 0) is 19.1 Å². The van der Waals surface area contributed by atoms with E-state index in [4.69, 9.17) is 4.74 Å². The Labute approximate surface area is 126 Å². The van der Waals surface area contributed by atoms with Gasteiger partial charge in [-0.3, -0.25) is 9.59 Å². The van der Waals surface area contributed by atoms with Crippen LogP contribution in [-0.4, -0.2) is 48.5 Å². The zero-order chi connectivity index (χ0) is 15.2. The molecule has 114 valence electrons. The number of carbonyl (C=O) groups excluding carboxylic acids is 3. The molecule has 8 heteroatoms. The molecule has 0 radical (unpaired) electrons. The van der Waals surface area contributed by atoms with Gasteiger partial charge >= 0.3 is 5.97 Å². The summed E-state index contributed by atoms with van der Waals surface area (Å²) in [4.78, 5) is 34.8. The van der Waals surface area contributed by atoms with Gasteiger partial charge in [-0.25, -0.2) is 4.79 Å². The van der Waals surface area contributed by atoms with Gasteiger partial charge in [-0.05, 0) is 12.3 Å². The lowest BCUT2D eigenvalue weighted by Gasteiger charge is -2.28. The van der Waals surface area contributed by atoms with Gasteiger partial charge in [0.05, 0.1) is 7.11 Å². The van der Waals surface area contributed by atoms with E-state index in [9.17, 15) is 14.4 Å². The Kier molecular flexibility index (Phi) is 6.67. The molecule has 0 aromatic rings. The highest BCUT2D eigenvalue weighted by Gasteiger charge is 2.43. The predicted octanol–water partition coefficient (Wildman–Crippen LogP) is 0.570.